The molecule has 1 amide bonds. The van der Waals surface area contributed by atoms with Gasteiger partial charge < -0.3 is 10.6 Å². The molecule has 1 aromatic rings. The van der Waals surface area contributed by atoms with Gasteiger partial charge >= 0.3 is 0 Å². The Kier molecular flexibility index (Phi) is 2.56. The summed E-state index contributed by atoms with van der Waals surface area (Å²) >= 11 is 1.69. The molecule has 14 heavy (non-hydrogen) atoms. The first kappa shape index (κ1) is 9.68. The van der Waals surface area contributed by atoms with E-state index >= 15 is 0 Å². The molecule has 2 N–H and O–H groups in total. The Bertz CT molecular complexity index is 323. The molecule has 0 radical (unpaired) electrons. The smallest absolute Gasteiger partial charge is 0.224 e. The van der Waals surface area contributed by atoms with Crippen molar-refractivity contribution in [3.05, 3.63) is 22.4 Å². The summed E-state index contributed by atoms with van der Waals surface area (Å²) in [6.07, 6.45) is 0.496. The van der Waals surface area contributed by atoms with Gasteiger partial charge in [-0.3, -0.25) is 4.79 Å². The van der Waals surface area contributed by atoms with Crippen LogP contribution in [0.5, 0.6) is 0 Å². The molecule has 1 aliphatic rings. The first-order valence-electron chi connectivity index (χ1n) is 4.77. The molecule has 2 rings (SSSR count). The lowest BCUT2D eigenvalue weighted by molar-refractivity contribution is -0.129. The van der Waals surface area contributed by atoms with E-state index in [-0.39, 0.29) is 18.0 Å². The molecular weight excluding hydrogens is 196 g/mol. The van der Waals surface area contributed by atoms with Gasteiger partial charge in [0.25, 0.3) is 0 Å². The molecule has 1 aromatic heterocycles. The van der Waals surface area contributed by atoms with Crippen LogP contribution in [-0.4, -0.2) is 23.4 Å². The fourth-order valence-electron chi connectivity index (χ4n) is 1.82. The topological polar surface area (TPSA) is 46.3 Å². The number of rotatable bonds is 2. The Morgan fingerprint density at radius 3 is 3.00 bits per heavy atom. The van der Waals surface area contributed by atoms with Crippen LogP contribution in [-0.2, 0) is 4.79 Å². The third-order valence-electron chi connectivity index (χ3n) is 2.61. The number of carbonyl (C=O) groups excluding carboxylic acids is 1. The molecule has 0 aromatic carbocycles. The van der Waals surface area contributed by atoms with Gasteiger partial charge in [0.15, 0.2) is 0 Å². The molecule has 2 heterocycles. The van der Waals surface area contributed by atoms with Crippen molar-refractivity contribution in [2.24, 2.45) is 5.73 Å². The zero-order valence-electron chi connectivity index (χ0n) is 8.14. The molecular formula is C10H14N2OS. The average Bonchev–Trinajstić information content (AvgIpc) is 2.73. The second-order valence-corrected chi connectivity index (χ2v) is 4.68. The summed E-state index contributed by atoms with van der Waals surface area (Å²) in [5.41, 5.74) is 5.75. The van der Waals surface area contributed by atoms with Crippen LogP contribution in [0.1, 0.15) is 24.3 Å². The number of hydrogen-bond acceptors (Lipinski definition) is 3. The molecule has 76 valence electrons. The third-order valence-corrected chi connectivity index (χ3v) is 3.65. The summed E-state index contributed by atoms with van der Waals surface area (Å²) in [6, 6.07) is 4.27. The maximum atomic E-state index is 11.6. The normalized spacial score (nSPS) is 24.3. The van der Waals surface area contributed by atoms with E-state index in [1.165, 1.54) is 4.88 Å². The number of carbonyl (C=O) groups is 1. The molecule has 2 unspecified atom stereocenters. The van der Waals surface area contributed by atoms with E-state index < -0.39 is 0 Å². The third kappa shape index (κ3) is 1.67. The Balaban J connectivity index is 2.12. The lowest BCUT2D eigenvalue weighted by Gasteiger charge is -2.23. The van der Waals surface area contributed by atoms with Gasteiger partial charge in [-0.05, 0) is 18.4 Å². The molecule has 0 bridgehead atoms. The van der Waals surface area contributed by atoms with Crippen LogP contribution in [0.4, 0.5) is 0 Å². The van der Waals surface area contributed by atoms with Crippen LogP contribution in [0.3, 0.4) is 0 Å². The highest BCUT2D eigenvalue weighted by Gasteiger charge is 2.31. The van der Waals surface area contributed by atoms with Gasteiger partial charge in [-0.25, -0.2) is 0 Å². The Hall–Kier alpha value is -0.870. The highest BCUT2D eigenvalue weighted by atomic mass is 32.1. The number of thiophene rings is 1. The van der Waals surface area contributed by atoms with Crippen LogP contribution < -0.4 is 5.73 Å². The quantitative estimate of drug-likeness (QED) is 0.801. The maximum absolute atomic E-state index is 11.6. The average molecular weight is 210 g/mol. The molecule has 0 saturated carbocycles. The standard InChI is InChI=1S/C10H14N2OS/c1-7(9-3-2-4-14-9)12-6-8(11)5-10(12)13/h2-4,7-8H,5-6,11H2,1H3. The second kappa shape index (κ2) is 3.71. The van der Waals surface area contributed by atoms with E-state index in [1.807, 2.05) is 16.3 Å². The molecule has 3 nitrogen and oxygen atoms in total. The molecule has 4 heteroatoms. The van der Waals surface area contributed by atoms with E-state index in [0.29, 0.717) is 13.0 Å². The van der Waals surface area contributed by atoms with Crippen molar-refractivity contribution in [2.45, 2.75) is 25.4 Å². The first-order chi connectivity index (χ1) is 6.68. The molecule has 1 fully saturated rings. The van der Waals surface area contributed by atoms with Crippen molar-refractivity contribution < 1.29 is 4.79 Å². The van der Waals surface area contributed by atoms with Gasteiger partial charge in [0, 0.05) is 23.9 Å². The van der Waals surface area contributed by atoms with E-state index in [4.69, 9.17) is 5.73 Å². The van der Waals surface area contributed by atoms with Gasteiger partial charge in [-0.15, -0.1) is 11.3 Å². The summed E-state index contributed by atoms with van der Waals surface area (Å²) in [5.74, 6) is 0.179. The minimum Gasteiger partial charge on any atom is -0.334 e. The summed E-state index contributed by atoms with van der Waals surface area (Å²) in [7, 11) is 0. The molecule has 1 aliphatic heterocycles. The van der Waals surface area contributed by atoms with Crippen LogP contribution >= 0.6 is 11.3 Å². The van der Waals surface area contributed by atoms with E-state index in [2.05, 4.69) is 13.0 Å². The van der Waals surface area contributed by atoms with Crippen molar-refractivity contribution in [2.75, 3.05) is 6.54 Å². The minimum absolute atomic E-state index is 0.0184. The monoisotopic (exact) mass is 210 g/mol. The van der Waals surface area contributed by atoms with Crippen molar-refractivity contribution in [1.29, 1.82) is 0 Å². The highest BCUT2D eigenvalue weighted by molar-refractivity contribution is 7.10. The largest absolute Gasteiger partial charge is 0.334 e. The first-order valence-corrected chi connectivity index (χ1v) is 5.65. The molecule has 0 spiro atoms. The zero-order chi connectivity index (χ0) is 10.1. The minimum atomic E-state index is 0.0184. The van der Waals surface area contributed by atoms with Crippen LogP contribution in [0, 0.1) is 0 Å². The predicted molar refractivity (Wildman–Crippen MR) is 57.0 cm³/mol. The summed E-state index contributed by atoms with van der Waals surface area (Å²) in [6.45, 7) is 2.75. The van der Waals surface area contributed by atoms with Crippen LogP contribution in [0.15, 0.2) is 17.5 Å². The number of nitrogens with two attached hydrogens (primary N) is 1. The Morgan fingerprint density at radius 2 is 2.50 bits per heavy atom. The van der Waals surface area contributed by atoms with Crippen molar-refractivity contribution in [3.63, 3.8) is 0 Å². The number of hydrogen-bond donors (Lipinski definition) is 1. The van der Waals surface area contributed by atoms with E-state index in [0.717, 1.165) is 0 Å². The maximum Gasteiger partial charge on any atom is 0.224 e. The lowest BCUT2D eigenvalue weighted by Crippen LogP contribution is -2.30. The van der Waals surface area contributed by atoms with Crippen LogP contribution in [0.25, 0.3) is 0 Å². The molecule has 1 saturated heterocycles. The molecule has 2 atom stereocenters. The molecule has 0 aliphatic carbocycles. The van der Waals surface area contributed by atoms with Gasteiger partial charge in [0.05, 0.1) is 6.04 Å². The van der Waals surface area contributed by atoms with E-state index in [9.17, 15) is 4.79 Å². The summed E-state index contributed by atoms with van der Waals surface area (Å²) < 4.78 is 0. The fourth-order valence-corrected chi connectivity index (χ4v) is 2.61. The van der Waals surface area contributed by atoms with Crippen molar-refractivity contribution in [3.8, 4) is 0 Å². The number of amides is 1. The Morgan fingerprint density at radius 1 is 1.71 bits per heavy atom. The lowest BCUT2D eigenvalue weighted by atomic mass is 10.2. The predicted octanol–water partition coefficient (Wildman–Crippen LogP) is 1.37. The number of likely N-dealkylation sites (tertiary alicyclic amines) is 1. The Labute approximate surface area is 87.5 Å². The van der Waals surface area contributed by atoms with Gasteiger partial charge in [-0.1, -0.05) is 6.07 Å². The second-order valence-electron chi connectivity index (χ2n) is 3.70. The number of nitrogens with zero attached hydrogens (tertiary/aromatic N) is 1. The van der Waals surface area contributed by atoms with E-state index in [1.54, 1.807) is 11.3 Å². The van der Waals surface area contributed by atoms with Gasteiger partial charge in [0.2, 0.25) is 5.91 Å². The summed E-state index contributed by atoms with van der Waals surface area (Å²) in [5, 5.41) is 2.03. The van der Waals surface area contributed by atoms with Gasteiger partial charge in [0.1, 0.15) is 0 Å². The van der Waals surface area contributed by atoms with Crippen molar-refractivity contribution in [1.82, 2.24) is 4.90 Å². The highest BCUT2D eigenvalue weighted by Crippen LogP contribution is 2.27. The van der Waals surface area contributed by atoms with Crippen LogP contribution in [0.2, 0.25) is 0 Å². The van der Waals surface area contributed by atoms with Gasteiger partial charge in [-0.2, -0.15) is 0 Å². The SMILES string of the molecule is CC(c1cccs1)N1CC(N)CC1=O. The fraction of sp³-hybridized carbons (Fsp3) is 0.500. The van der Waals surface area contributed by atoms with Crippen molar-refractivity contribution >= 4 is 17.2 Å². The zero-order valence-corrected chi connectivity index (χ0v) is 8.96. The summed E-state index contributed by atoms with van der Waals surface area (Å²) in [4.78, 5) is 14.7.